The summed E-state index contributed by atoms with van der Waals surface area (Å²) in [7, 11) is 0. The van der Waals surface area contributed by atoms with Gasteiger partial charge in [0.05, 0.1) is 17.7 Å². The molecule has 2 aliphatic rings. The molecule has 184 valence electrons. The molecule has 1 fully saturated rings. The number of rotatable bonds is 7. The summed E-state index contributed by atoms with van der Waals surface area (Å²) in [6.45, 7) is 3.27. The highest BCUT2D eigenvalue weighted by Crippen LogP contribution is 2.33. The molecule has 0 aliphatic carbocycles. The van der Waals surface area contributed by atoms with Crippen LogP contribution in [0.4, 0.5) is 4.39 Å². The minimum atomic E-state index is -0.590. The van der Waals surface area contributed by atoms with Crippen molar-refractivity contribution in [2.75, 3.05) is 32.8 Å². The SMILES string of the molecule is O=C(NO)c1ccc(Cn2c3c(c4c(F)cccc42)C(=O)N(CCN2CCC[C@@H]2CO)CC3)cc1. The third-order valence-corrected chi connectivity index (χ3v) is 7.29. The first-order valence-corrected chi connectivity index (χ1v) is 12.0. The lowest BCUT2D eigenvalue weighted by Crippen LogP contribution is -2.44. The monoisotopic (exact) mass is 480 g/mol. The highest BCUT2D eigenvalue weighted by Gasteiger charge is 2.33. The van der Waals surface area contributed by atoms with E-state index in [0.717, 1.165) is 30.6 Å². The number of fused-ring (bicyclic) bond motifs is 3. The molecule has 0 saturated carbocycles. The molecule has 3 heterocycles. The Bertz CT molecular complexity index is 1260. The van der Waals surface area contributed by atoms with Crippen molar-refractivity contribution in [1.29, 1.82) is 0 Å². The molecule has 2 amide bonds. The summed E-state index contributed by atoms with van der Waals surface area (Å²) < 4.78 is 17.0. The molecule has 1 saturated heterocycles. The van der Waals surface area contributed by atoms with Crippen molar-refractivity contribution in [3.63, 3.8) is 0 Å². The van der Waals surface area contributed by atoms with Crippen molar-refractivity contribution in [2.24, 2.45) is 0 Å². The van der Waals surface area contributed by atoms with Gasteiger partial charge in [-0.1, -0.05) is 18.2 Å². The number of nitrogens with zero attached hydrogens (tertiary/aromatic N) is 3. The number of benzene rings is 2. The van der Waals surface area contributed by atoms with Gasteiger partial charge >= 0.3 is 0 Å². The van der Waals surface area contributed by atoms with Gasteiger partial charge in [0.15, 0.2) is 0 Å². The average Bonchev–Trinajstić information content (AvgIpc) is 3.47. The van der Waals surface area contributed by atoms with Crippen molar-refractivity contribution in [2.45, 2.75) is 31.8 Å². The summed E-state index contributed by atoms with van der Waals surface area (Å²) in [4.78, 5) is 29.2. The number of halogens is 1. The maximum atomic E-state index is 15.0. The number of hydrogen-bond donors (Lipinski definition) is 3. The first-order valence-electron chi connectivity index (χ1n) is 12.0. The number of amides is 2. The Morgan fingerprint density at radius 3 is 2.66 bits per heavy atom. The molecule has 0 spiro atoms. The molecule has 2 aromatic carbocycles. The third kappa shape index (κ3) is 4.31. The van der Waals surface area contributed by atoms with Crippen molar-refractivity contribution < 1.29 is 24.3 Å². The van der Waals surface area contributed by atoms with Gasteiger partial charge in [0.2, 0.25) is 0 Å². The van der Waals surface area contributed by atoms with E-state index < -0.39 is 11.7 Å². The Hall–Kier alpha value is -3.27. The fraction of sp³-hybridized carbons (Fsp3) is 0.385. The highest BCUT2D eigenvalue weighted by atomic mass is 19.1. The molecule has 3 N–H and O–H groups in total. The van der Waals surface area contributed by atoms with Gasteiger partial charge in [0.25, 0.3) is 11.8 Å². The molecule has 35 heavy (non-hydrogen) atoms. The molecular weight excluding hydrogens is 451 g/mol. The van der Waals surface area contributed by atoms with Gasteiger partial charge in [-0.05, 0) is 49.2 Å². The molecule has 2 aliphatic heterocycles. The van der Waals surface area contributed by atoms with Crippen molar-refractivity contribution in [3.8, 4) is 0 Å². The quantitative estimate of drug-likeness (QED) is 0.356. The third-order valence-electron chi connectivity index (χ3n) is 7.29. The van der Waals surface area contributed by atoms with E-state index >= 15 is 4.39 Å². The van der Waals surface area contributed by atoms with Crippen LogP contribution in [0.15, 0.2) is 42.5 Å². The van der Waals surface area contributed by atoms with Crippen LogP contribution in [0.25, 0.3) is 10.9 Å². The van der Waals surface area contributed by atoms with Crippen LogP contribution in [0.2, 0.25) is 0 Å². The van der Waals surface area contributed by atoms with Crippen LogP contribution in [-0.2, 0) is 13.0 Å². The predicted octanol–water partition coefficient (Wildman–Crippen LogP) is 2.40. The maximum Gasteiger partial charge on any atom is 0.274 e. The first-order chi connectivity index (χ1) is 17.0. The number of hydrogen-bond acceptors (Lipinski definition) is 5. The normalized spacial score (nSPS) is 18.3. The summed E-state index contributed by atoms with van der Waals surface area (Å²) in [5, 5.41) is 18.8. The van der Waals surface area contributed by atoms with Crippen molar-refractivity contribution >= 4 is 22.7 Å². The molecule has 1 atom stereocenters. The number of likely N-dealkylation sites (tertiary alicyclic amines) is 1. The summed E-state index contributed by atoms with van der Waals surface area (Å²) in [6, 6.07) is 11.8. The fourth-order valence-corrected chi connectivity index (χ4v) is 5.45. The number of aromatic nitrogens is 1. The number of aliphatic hydroxyl groups is 1. The van der Waals surface area contributed by atoms with Gasteiger partial charge in [0.1, 0.15) is 5.82 Å². The van der Waals surface area contributed by atoms with Crippen LogP contribution < -0.4 is 5.48 Å². The van der Waals surface area contributed by atoms with Crippen LogP contribution >= 0.6 is 0 Å². The molecule has 3 aromatic rings. The second kappa shape index (κ2) is 9.77. The Balaban J connectivity index is 1.44. The summed E-state index contributed by atoms with van der Waals surface area (Å²) in [5.41, 5.74) is 4.75. The van der Waals surface area contributed by atoms with E-state index in [1.54, 1.807) is 40.7 Å². The van der Waals surface area contributed by atoms with Gasteiger partial charge in [0, 0.05) is 55.3 Å². The fourth-order valence-electron chi connectivity index (χ4n) is 5.45. The van der Waals surface area contributed by atoms with Gasteiger partial charge < -0.3 is 14.6 Å². The van der Waals surface area contributed by atoms with Crippen molar-refractivity contribution in [3.05, 3.63) is 70.7 Å². The molecule has 5 rings (SSSR count). The second-order valence-corrected chi connectivity index (χ2v) is 9.24. The van der Waals surface area contributed by atoms with E-state index in [1.165, 1.54) is 6.07 Å². The summed E-state index contributed by atoms with van der Waals surface area (Å²) >= 11 is 0. The van der Waals surface area contributed by atoms with Gasteiger partial charge in [-0.15, -0.1) is 0 Å². The van der Waals surface area contributed by atoms with E-state index in [-0.39, 0.29) is 18.6 Å². The molecule has 0 bridgehead atoms. The standard InChI is InChI=1S/C26H29FN4O4/c27-20-4-1-5-21-23(20)24-22(31(21)15-17-6-8-18(9-7-17)25(33)28-35)10-12-30(26(24)34)14-13-29-11-2-3-19(29)16-32/h1,4-9,19,32,35H,2-3,10-16H2,(H,28,33)/t19-/m1/s1. The number of carbonyl (C=O) groups excluding carboxylic acids is 2. The largest absolute Gasteiger partial charge is 0.395 e. The maximum absolute atomic E-state index is 15.0. The minimum Gasteiger partial charge on any atom is -0.395 e. The van der Waals surface area contributed by atoms with E-state index in [2.05, 4.69) is 4.90 Å². The van der Waals surface area contributed by atoms with E-state index in [0.29, 0.717) is 54.6 Å². The zero-order chi connectivity index (χ0) is 24.5. The molecule has 8 nitrogen and oxygen atoms in total. The van der Waals surface area contributed by atoms with Crippen LogP contribution in [0.3, 0.4) is 0 Å². The van der Waals surface area contributed by atoms with E-state index in [9.17, 15) is 14.7 Å². The molecule has 1 aromatic heterocycles. The predicted molar refractivity (Wildman–Crippen MR) is 128 cm³/mol. The topological polar surface area (TPSA) is 98.0 Å². The van der Waals surface area contributed by atoms with Crippen LogP contribution in [0.5, 0.6) is 0 Å². The Morgan fingerprint density at radius 2 is 1.91 bits per heavy atom. The molecule has 9 heteroatoms. The molecular formula is C26H29FN4O4. The van der Waals surface area contributed by atoms with Gasteiger partial charge in [-0.25, -0.2) is 9.87 Å². The average molecular weight is 481 g/mol. The lowest BCUT2D eigenvalue weighted by molar-refractivity contribution is 0.0698. The number of hydroxylamine groups is 1. The lowest BCUT2D eigenvalue weighted by atomic mass is 10.0. The number of carbonyl (C=O) groups is 2. The number of nitrogens with one attached hydrogen (secondary N) is 1. The van der Waals surface area contributed by atoms with Crippen LogP contribution in [0.1, 0.15) is 44.8 Å². The summed E-state index contributed by atoms with van der Waals surface area (Å²) in [6.07, 6.45) is 2.64. The van der Waals surface area contributed by atoms with Gasteiger partial charge in [-0.3, -0.25) is 19.7 Å². The Labute approximate surface area is 202 Å². The summed E-state index contributed by atoms with van der Waals surface area (Å²) in [5.74, 6) is -1.16. The van der Waals surface area contributed by atoms with Crippen LogP contribution in [-0.4, -0.2) is 75.3 Å². The Kier molecular flexibility index (Phi) is 6.55. The highest BCUT2D eigenvalue weighted by molar-refractivity contribution is 6.09. The van der Waals surface area contributed by atoms with E-state index in [1.807, 2.05) is 10.6 Å². The first kappa shape index (κ1) is 23.5. The molecule has 0 radical (unpaired) electrons. The lowest BCUT2D eigenvalue weighted by Gasteiger charge is -2.31. The Morgan fingerprint density at radius 1 is 1.11 bits per heavy atom. The smallest absolute Gasteiger partial charge is 0.274 e. The minimum absolute atomic E-state index is 0.127. The van der Waals surface area contributed by atoms with E-state index in [4.69, 9.17) is 5.21 Å². The van der Waals surface area contributed by atoms with Crippen molar-refractivity contribution in [1.82, 2.24) is 19.8 Å². The zero-order valence-corrected chi connectivity index (χ0v) is 19.4. The second-order valence-electron chi connectivity index (χ2n) is 9.24. The van der Waals surface area contributed by atoms with Gasteiger partial charge in [-0.2, -0.15) is 0 Å². The van der Waals surface area contributed by atoms with Crippen LogP contribution in [0, 0.1) is 5.82 Å². The zero-order valence-electron chi connectivity index (χ0n) is 19.4. The number of aliphatic hydroxyl groups excluding tert-OH is 1. The molecule has 0 unspecified atom stereocenters.